The fourth-order valence-corrected chi connectivity index (χ4v) is 2.85. The number of aliphatic hydroxyl groups excluding tert-OH is 1. The van der Waals surface area contributed by atoms with E-state index in [1.54, 1.807) is 24.1 Å². The Balaban J connectivity index is 2.01. The molecule has 1 fully saturated rings. The second-order valence-corrected chi connectivity index (χ2v) is 6.29. The fraction of sp³-hybridized carbons (Fsp3) is 0.556. The number of rotatable bonds is 7. The molecule has 0 unspecified atom stereocenters. The van der Waals surface area contributed by atoms with Crippen LogP contribution in [-0.2, 0) is 9.59 Å². The first kappa shape index (κ1) is 18.3. The van der Waals surface area contributed by atoms with Crippen LogP contribution >= 0.6 is 0 Å². The molecular formula is C18H26N2O4. The van der Waals surface area contributed by atoms with Crippen LogP contribution in [0, 0.1) is 11.8 Å². The van der Waals surface area contributed by atoms with E-state index in [1.807, 2.05) is 26.0 Å². The standard InChI is InChI=1S/C18H26N2O4/c1-4-12(2)16(11-21)19-18(23)13-9-17(22)20(10-13)14-5-7-15(24-3)8-6-14/h5-8,12-13,16,21H,4,9-11H2,1-3H3,(H,19,23)/t12-,13-,16-/m1/s1. The van der Waals surface area contributed by atoms with Gasteiger partial charge in [-0.2, -0.15) is 0 Å². The van der Waals surface area contributed by atoms with Gasteiger partial charge in [-0.05, 0) is 30.2 Å². The van der Waals surface area contributed by atoms with Gasteiger partial charge in [-0.15, -0.1) is 0 Å². The number of ether oxygens (including phenoxy) is 1. The summed E-state index contributed by atoms with van der Waals surface area (Å²) in [6.45, 7) is 4.27. The number of anilines is 1. The van der Waals surface area contributed by atoms with Gasteiger partial charge in [0, 0.05) is 18.7 Å². The summed E-state index contributed by atoms with van der Waals surface area (Å²) in [4.78, 5) is 26.3. The first-order valence-electron chi connectivity index (χ1n) is 8.35. The number of methoxy groups -OCH3 is 1. The molecule has 6 nitrogen and oxygen atoms in total. The SMILES string of the molecule is CC[C@@H](C)[C@@H](CO)NC(=O)[C@@H]1CC(=O)N(c2ccc(OC)cc2)C1. The summed E-state index contributed by atoms with van der Waals surface area (Å²) >= 11 is 0. The average Bonchev–Trinajstić information content (AvgIpc) is 3.00. The second-order valence-electron chi connectivity index (χ2n) is 6.29. The van der Waals surface area contributed by atoms with Crippen LogP contribution in [0.15, 0.2) is 24.3 Å². The molecular weight excluding hydrogens is 308 g/mol. The molecule has 6 heteroatoms. The molecule has 0 saturated carbocycles. The van der Waals surface area contributed by atoms with Gasteiger partial charge in [0.2, 0.25) is 11.8 Å². The number of nitrogens with one attached hydrogen (secondary N) is 1. The van der Waals surface area contributed by atoms with Gasteiger partial charge in [-0.1, -0.05) is 20.3 Å². The van der Waals surface area contributed by atoms with Gasteiger partial charge in [-0.25, -0.2) is 0 Å². The number of hydrogen-bond acceptors (Lipinski definition) is 4. The molecule has 1 aromatic carbocycles. The molecule has 1 aromatic rings. The summed E-state index contributed by atoms with van der Waals surface area (Å²) in [6.07, 6.45) is 1.06. The van der Waals surface area contributed by atoms with E-state index < -0.39 is 5.92 Å². The van der Waals surface area contributed by atoms with Crippen molar-refractivity contribution in [3.05, 3.63) is 24.3 Å². The van der Waals surface area contributed by atoms with Crippen LogP contribution in [0.5, 0.6) is 5.75 Å². The zero-order valence-electron chi connectivity index (χ0n) is 14.5. The first-order valence-corrected chi connectivity index (χ1v) is 8.35. The van der Waals surface area contributed by atoms with E-state index in [4.69, 9.17) is 4.74 Å². The monoisotopic (exact) mass is 334 g/mol. The van der Waals surface area contributed by atoms with Crippen LogP contribution in [0.25, 0.3) is 0 Å². The molecule has 3 atom stereocenters. The second kappa shape index (κ2) is 8.15. The molecule has 1 saturated heterocycles. The maximum Gasteiger partial charge on any atom is 0.227 e. The molecule has 2 rings (SSSR count). The lowest BCUT2D eigenvalue weighted by molar-refractivity contribution is -0.127. The lowest BCUT2D eigenvalue weighted by Crippen LogP contribution is -2.45. The molecule has 0 spiro atoms. The van der Waals surface area contributed by atoms with E-state index >= 15 is 0 Å². The van der Waals surface area contributed by atoms with E-state index in [1.165, 1.54) is 0 Å². The van der Waals surface area contributed by atoms with Gasteiger partial charge in [0.1, 0.15) is 5.75 Å². The van der Waals surface area contributed by atoms with Gasteiger partial charge in [0.15, 0.2) is 0 Å². The van der Waals surface area contributed by atoms with E-state index in [0.717, 1.165) is 17.9 Å². The minimum Gasteiger partial charge on any atom is -0.497 e. The van der Waals surface area contributed by atoms with Gasteiger partial charge in [0.05, 0.1) is 25.7 Å². The molecule has 0 radical (unpaired) electrons. The van der Waals surface area contributed by atoms with E-state index in [-0.39, 0.29) is 36.8 Å². The van der Waals surface area contributed by atoms with Crippen molar-refractivity contribution in [1.29, 1.82) is 0 Å². The molecule has 132 valence electrons. The van der Waals surface area contributed by atoms with Crippen molar-refractivity contribution in [1.82, 2.24) is 5.32 Å². The van der Waals surface area contributed by atoms with Crippen LogP contribution in [0.1, 0.15) is 26.7 Å². The van der Waals surface area contributed by atoms with Crippen molar-refractivity contribution >= 4 is 17.5 Å². The first-order chi connectivity index (χ1) is 11.5. The van der Waals surface area contributed by atoms with Gasteiger partial charge in [-0.3, -0.25) is 9.59 Å². The van der Waals surface area contributed by atoms with Crippen molar-refractivity contribution in [2.75, 3.05) is 25.2 Å². The molecule has 1 aliphatic rings. The van der Waals surface area contributed by atoms with Gasteiger partial charge < -0.3 is 20.1 Å². The third-order valence-corrected chi connectivity index (χ3v) is 4.74. The van der Waals surface area contributed by atoms with Gasteiger partial charge >= 0.3 is 0 Å². The number of aliphatic hydroxyl groups is 1. The number of amides is 2. The van der Waals surface area contributed by atoms with Crippen molar-refractivity contribution in [2.24, 2.45) is 11.8 Å². The highest BCUT2D eigenvalue weighted by Gasteiger charge is 2.36. The van der Waals surface area contributed by atoms with Crippen molar-refractivity contribution in [2.45, 2.75) is 32.7 Å². The van der Waals surface area contributed by atoms with Crippen molar-refractivity contribution < 1.29 is 19.4 Å². The Morgan fingerprint density at radius 1 is 1.42 bits per heavy atom. The number of hydrogen-bond donors (Lipinski definition) is 2. The fourth-order valence-electron chi connectivity index (χ4n) is 2.85. The third kappa shape index (κ3) is 4.06. The molecule has 0 bridgehead atoms. The molecule has 0 aliphatic carbocycles. The van der Waals surface area contributed by atoms with Crippen LogP contribution < -0.4 is 15.0 Å². The van der Waals surface area contributed by atoms with Gasteiger partial charge in [0.25, 0.3) is 0 Å². The topological polar surface area (TPSA) is 78.9 Å². The molecule has 24 heavy (non-hydrogen) atoms. The highest BCUT2D eigenvalue weighted by Crippen LogP contribution is 2.27. The predicted molar refractivity (Wildman–Crippen MR) is 91.9 cm³/mol. The zero-order chi connectivity index (χ0) is 17.7. The highest BCUT2D eigenvalue weighted by molar-refractivity contribution is 6.00. The summed E-state index contributed by atoms with van der Waals surface area (Å²) in [6, 6.07) is 6.94. The van der Waals surface area contributed by atoms with E-state index in [0.29, 0.717) is 6.54 Å². The number of benzene rings is 1. The smallest absolute Gasteiger partial charge is 0.227 e. The zero-order valence-corrected chi connectivity index (χ0v) is 14.5. The third-order valence-electron chi connectivity index (χ3n) is 4.74. The van der Waals surface area contributed by atoms with E-state index in [9.17, 15) is 14.7 Å². The summed E-state index contributed by atoms with van der Waals surface area (Å²) in [5.74, 6) is 0.286. The maximum absolute atomic E-state index is 12.4. The maximum atomic E-state index is 12.4. The summed E-state index contributed by atoms with van der Waals surface area (Å²) in [5.41, 5.74) is 0.761. The molecule has 2 amide bonds. The highest BCUT2D eigenvalue weighted by atomic mass is 16.5. The van der Waals surface area contributed by atoms with Crippen LogP contribution in [0.3, 0.4) is 0 Å². The van der Waals surface area contributed by atoms with E-state index in [2.05, 4.69) is 5.32 Å². The largest absolute Gasteiger partial charge is 0.497 e. The quantitative estimate of drug-likeness (QED) is 0.793. The van der Waals surface area contributed by atoms with Crippen molar-refractivity contribution in [3.63, 3.8) is 0 Å². The lowest BCUT2D eigenvalue weighted by Gasteiger charge is -2.24. The minimum atomic E-state index is -0.391. The number of carbonyl (C=O) groups excluding carboxylic acids is 2. The van der Waals surface area contributed by atoms with Crippen LogP contribution in [-0.4, -0.2) is 43.2 Å². The number of carbonyl (C=O) groups is 2. The summed E-state index contributed by atoms with van der Waals surface area (Å²) in [7, 11) is 1.59. The normalized spacial score (nSPS) is 19.9. The predicted octanol–water partition coefficient (Wildman–Crippen LogP) is 1.57. The summed E-state index contributed by atoms with van der Waals surface area (Å²) < 4.78 is 5.12. The van der Waals surface area contributed by atoms with Crippen molar-refractivity contribution in [3.8, 4) is 5.75 Å². The Bertz CT molecular complexity index is 573. The summed E-state index contributed by atoms with van der Waals surface area (Å²) in [5, 5.41) is 12.3. The molecule has 0 aromatic heterocycles. The molecule has 1 heterocycles. The number of nitrogens with zero attached hydrogens (tertiary/aromatic N) is 1. The Morgan fingerprint density at radius 2 is 2.08 bits per heavy atom. The Labute approximate surface area is 142 Å². The Morgan fingerprint density at radius 3 is 2.62 bits per heavy atom. The Hall–Kier alpha value is -2.08. The molecule has 1 aliphatic heterocycles. The average molecular weight is 334 g/mol. The van der Waals surface area contributed by atoms with Crippen LogP contribution in [0.2, 0.25) is 0 Å². The Kier molecular flexibility index (Phi) is 6.20. The van der Waals surface area contributed by atoms with Crippen LogP contribution in [0.4, 0.5) is 5.69 Å². The molecule has 2 N–H and O–H groups in total. The lowest BCUT2D eigenvalue weighted by atomic mass is 9.98. The minimum absolute atomic E-state index is 0.0654.